The van der Waals surface area contributed by atoms with Crippen molar-refractivity contribution in [3.8, 4) is 5.75 Å². The monoisotopic (exact) mass is 469 g/mol. The van der Waals surface area contributed by atoms with Gasteiger partial charge in [-0.2, -0.15) is 0 Å². The van der Waals surface area contributed by atoms with Crippen molar-refractivity contribution in [1.82, 2.24) is 10.6 Å². The molecule has 6 heteroatoms. The number of rotatable bonds is 8. The zero-order valence-corrected chi connectivity index (χ0v) is 17.9. The average Bonchev–Trinajstić information content (AvgIpc) is 2.62. The van der Waals surface area contributed by atoms with Crippen molar-refractivity contribution >= 4 is 29.9 Å². The molecule has 0 radical (unpaired) electrons. The summed E-state index contributed by atoms with van der Waals surface area (Å²) in [6, 6.07) is 16.5. The van der Waals surface area contributed by atoms with E-state index in [1.54, 1.807) is 14.2 Å². The SMILES string of the molecule is CN=C(NCc1cccc(C)c1)NCc1cccc(OCCOC)c1.I. The Labute approximate surface area is 173 Å². The standard InChI is InChI=1S/C20H27N3O2.HI/c1-16-6-4-7-17(12-16)14-22-20(21-2)23-15-18-8-5-9-19(13-18)25-11-10-24-3;/h4-9,12-13H,10-11,14-15H2,1-3H3,(H2,21,22,23);1H. The van der Waals surface area contributed by atoms with E-state index in [1.165, 1.54) is 11.1 Å². The highest BCUT2D eigenvalue weighted by atomic mass is 127. The van der Waals surface area contributed by atoms with Crippen molar-refractivity contribution in [1.29, 1.82) is 0 Å². The summed E-state index contributed by atoms with van der Waals surface area (Å²) >= 11 is 0. The first-order valence-electron chi connectivity index (χ1n) is 8.42. The lowest BCUT2D eigenvalue weighted by Gasteiger charge is -2.13. The van der Waals surface area contributed by atoms with E-state index in [0.29, 0.717) is 19.8 Å². The van der Waals surface area contributed by atoms with Crippen LogP contribution in [0.2, 0.25) is 0 Å². The fourth-order valence-electron chi connectivity index (χ4n) is 2.40. The number of methoxy groups -OCH3 is 1. The molecule has 0 aliphatic heterocycles. The molecule has 5 nitrogen and oxygen atoms in total. The zero-order chi connectivity index (χ0) is 17.9. The minimum absolute atomic E-state index is 0. The lowest BCUT2D eigenvalue weighted by Crippen LogP contribution is -2.36. The smallest absolute Gasteiger partial charge is 0.191 e. The molecule has 0 bridgehead atoms. The summed E-state index contributed by atoms with van der Waals surface area (Å²) in [6.45, 7) is 4.64. The van der Waals surface area contributed by atoms with E-state index in [2.05, 4.69) is 52.9 Å². The van der Waals surface area contributed by atoms with Gasteiger partial charge in [-0.1, -0.05) is 42.0 Å². The summed E-state index contributed by atoms with van der Waals surface area (Å²) in [6.07, 6.45) is 0. The number of hydrogen-bond donors (Lipinski definition) is 2. The first-order chi connectivity index (χ1) is 12.2. The molecule has 0 aliphatic rings. The maximum atomic E-state index is 5.64. The Morgan fingerprint density at radius 2 is 1.62 bits per heavy atom. The number of aliphatic imine (C=N–C) groups is 1. The zero-order valence-electron chi connectivity index (χ0n) is 15.6. The average molecular weight is 469 g/mol. The Kier molecular flexibility index (Phi) is 10.7. The van der Waals surface area contributed by atoms with Gasteiger partial charge in [-0.05, 0) is 30.2 Å². The third-order valence-electron chi connectivity index (χ3n) is 3.68. The van der Waals surface area contributed by atoms with Crippen LogP contribution < -0.4 is 15.4 Å². The second-order valence-electron chi connectivity index (χ2n) is 5.76. The van der Waals surface area contributed by atoms with E-state index in [1.807, 2.05) is 18.2 Å². The Bertz CT molecular complexity index is 692. The highest BCUT2D eigenvalue weighted by molar-refractivity contribution is 14.0. The summed E-state index contributed by atoms with van der Waals surface area (Å²) in [5.41, 5.74) is 3.62. The molecule has 2 N–H and O–H groups in total. The number of hydrogen-bond acceptors (Lipinski definition) is 3. The fraction of sp³-hybridized carbons (Fsp3) is 0.350. The third-order valence-corrected chi connectivity index (χ3v) is 3.68. The number of benzene rings is 2. The Balaban J connectivity index is 0.00000338. The first-order valence-corrected chi connectivity index (χ1v) is 8.42. The van der Waals surface area contributed by atoms with E-state index in [4.69, 9.17) is 9.47 Å². The molecule has 0 spiro atoms. The van der Waals surface area contributed by atoms with E-state index >= 15 is 0 Å². The van der Waals surface area contributed by atoms with Gasteiger partial charge in [0.15, 0.2) is 5.96 Å². The van der Waals surface area contributed by atoms with Gasteiger partial charge >= 0.3 is 0 Å². The molecule has 0 heterocycles. The summed E-state index contributed by atoms with van der Waals surface area (Å²) < 4.78 is 10.6. The molecule has 2 aromatic carbocycles. The second-order valence-corrected chi connectivity index (χ2v) is 5.76. The summed E-state index contributed by atoms with van der Waals surface area (Å²) in [5, 5.41) is 6.65. The predicted molar refractivity (Wildman–Crippen MR) is 117 cm³/mol. The summed E-state index contributed by atoms with van der Waals surface area (Å²) in [5.74, 6) is 1.62. The summed E-state index contributed by atoms with van der Waals surface area (Å²) in [4.78, 5) is 4.27. The molecular formula is C20H28IN3O2. The first kappa shape index (κ1) is 22.2. The molecule has 0 saturated heterocycles. The molecule has 0 unspecified atom stereocenters. The quantitative estimate of drug-likeness (QED) is 0.269. The fourth-order valence-corrected chi connectivity index (χ4v) is 2.40. The van der Waals surface area contributed by atoms with Crippen LogP contribution in [0.3, 0.4) is 0 Å². The number of aryl methyl sites for hydroxylation is 1. The Morgan fingerprint density at radius 3 is 2.23 bits per heavy atom. The van der Waals surface area contributed by atoms with Crippen molar-refractivity contribution in [2.45, 2.75) is 20.0 Å². The lowest BCUT2D eigenvalue weighted by molar-refractivity contribution is 0.146. The van der Waals surface area contributed by atoms with Gasteiger partial charge in [-0.15, -0.1) is 24.0 Å². The maximum Gasteiger partial charge on any atom is 0.191 e. The van der Waals surface area contributed by atoms with Crippen LogP contribution in [0.15, 0.2) is 53.5 Å². The van der Waals surface area contributed by atoms with Crippen LogP contribution in [0.4, 0.5) is 0 Å². The van der Waals surface area contributed by atoms with Gasteiger partial charge < -0.3 is 20.1 Å². The highest BCUT2D eigenvalue weighted by Crippen LogP contribution is 2.13. The molecule has 2 aromatic rings. The molecule has 0 amide bonds. The van der Waals surface area contributed by atoms with Gasteiger partial charge in [-0.3, -0.25) is 4.99 Å². The Hall–Kier alpha value is -1.80. The van der Waals surface area contributed by atoms with Crippen molar-refractivity contribution in [2.24, 2.45) is 4.99 Å². The van der Waals surface area contributed by atoms with Gasteiger partial charge in [0.05, 0.1) is 6.61 Å². The van der Waals surface area contributed by atoms with Crippen molar-refractivity contribution < 1.29 is 9.47 Å². The van der Waals surface area contributed by atoms with Crippen LogP contribution in [0.25, 0.3) is 0 Å². The van der Waals surface area contributed by atoms with Gasteiger partial charge in [0, 0.05) is 27.2 Å². The number of guanidine groups is 1. The van der Waals surface area contributed by atoms with Crippen LogP contribution in [0.1, 0.15) is 16.7 Å². The molecule has 0 atom stereocenters. The van der Waals surface area contributed by atoms with Gasteiger partial charge in [0.1, 0.15) is 12.4 Å². The van der Waals surface area contributed by atoms with Crippen LogP contribution in [-0.2, 0) is 17.8 Å². The van der Waals surface area contributed by atoms with E-state index in [9.17, 15) is 0 Å². The second kappa shape index (κ2) is 12.5. The molecule has 2 rings (SSSR count). The van der Waals surface area contributed by atoms with E-state index in [-0.39, 0.29) is 24.0 Å². The summed E-state index contributed by atoms with van der Waals surface area (Å²) in [7, 11) is 3.44. The van der Waals surface area contributed by atoms with Crippen molar-refractivity contribution in [3.63, 3.8) is 0 Å². The molecule has 0 fully saturated rings. The lowest BCUT2D eigenvalue weighted by atomic mass is 10.1. The Morgan fingerprint density at radius 1 is 0.962 bits per heavy atom. The highest BCUT2D eigenvalue weighted by Gasteiger charge is 2.01. The van der Waals surface area contributed by atoms with E-state index in [0.717, 1.165) is 23.8 Å². The number of halogens is 1. The van der Waals surface area contributed by atoms with Crippen molar-refractivity contribution in [2.75, 3.05) is 27.4 Å². The van der Waals surface area contributed by atoms with E-state index < -0.39 is 0 Å². The van der Waals surface area contributed by atoms with Crippen LogP contribution >= 0.6 is 24.0 Å². The predicted octanol–water partition coefficient (Wildman–Crippen LogP) is 3.50. The topological polar surface area (TPSA) is 54.9 Å². The molecular weight excluding hydrogens is 441 g/mol. The van der Waals surface area contributed by atoms with Crippen LogP contribution in [0, 0.1) is 6.92 Å². The van der Waals surface area contributed by atoms with Crippen molar-refractivity contribution in [3.05, 3.63) is 65.2 Å². The van der Waals surface area contributed by atoms with Gasteiger partial charge in [-0.25, -0.2) is 0 Å². The molecule has 0 aromatic heterocycles. The maximum absolute atomic E-state index is 5.64. The van der Waals surface area contributed by atoms with Crippen LogP contribution in [-0.4, -0.2) is 33.3 Å². The van der Waals surface area contributed by atoms with Crippen LogP contribution in [0.5, 0.6) is 5.75 Å². The van der Waals surface area contributed by atoms with Gasteiger partial charge in [0.25, 0.3) is 0 Å². The third kappa shape index (κ3) is 8.05. The minimum atomic E-state index is 0. The molecule has 26 heavy (non-hydrogen) atoms. The minimum Gasteiger partial charge on any atom is -0.491 e. The molecule has 0 aliphatic carbocycles. The molecule has 142 valence electrons. The number of nitrogens with zero attached hydrogens (tertiary/aromatic N) is 1. The number of nitrogens with one attached hydrogen (secondary N) is 2. The van der Waals surface area contributed by atoms with Gasteiger partial charge in [0.2, 0.25) is 0 Å². The largest absolute Gasteiger partial charge is 0.491 e. The normalized spacial score (nSPS) is 10.8. The number of ether oxygens (including phenoxy) is 2. The molecule has 0 saturated carbocycles.